The summed E-state index contributed by atoms with van der Waals surface area (Å²) in [4.78, 5) is 16.2. The van der Waals surface area contributed by atoms with Crippen LogP contribution in [0, 0.1) is 0 Å². The topological polar surface area (TPSA) is 48.3 Å². The standard InChI is InChI=1S/C20H22N4O/c1-4-24(5-2)16-12-10-15(11-13-16)14-21-22-19-17-8-6-7-9-18(17)23(3)20(19)25/h6-14H,4-5H2,1-3H3/b21-14-,22-19-. The normalized spacial score (nSPS) is 15.2. The van der Waals surface area contributed by atoms with Gasteiger partial charge < -0.3 is 9.80 Å². The first-order valence-electron chi connectivity index (χ1n) is 8.49. The molecule has 0 aliphatic carbocycles. The molecule has 0 unspecified atom stereocenters. The summed E-state index contributed by atoms with van der Waals surface area (Å²) in [6.07, 6.45) is 1.67. The van der Waals surface area contributed by atoms with Crippen LogP contribution in [-0.4, -0.2) is 38.0 Å². The van der Waals surface area contributed by atoms with Gasteiger partial charge >= 0.3 is 0 Å². The van der Waals surface area contributed by atoms with Gasteiger partial charge in [0.25, 0.3) is 5.91 Å². The molecule has 1 amide bonds. The van der Waals surface area contributed by atoms with Crippen molar-refractivity contribution in [3.63, 3.8) is 0 Å². The van der Waals surface area contributed by atoms with E-state index in [1.807, 2.05) is 36.4 Å². The quantitative estimate of drug-likeness (QED) is 0.622. The molecular formula is C20H22N4O. The van der Waals surface area contributed by atoms with Crippen LogP contribution in [0.2, 0.25) is 0 Å². The minimum Gasteiger partial charge on any atom is -0.372 e. The lowest BCUT2D eigenvalue weighted by Gasteiger charge is -2.20. The SMILES string of the molecule is CCN(CC)c1ccc(/C=N\N=C2/C(=O)N(C)c3ccccc32)cc1. The predicted octanol–water partition coefficient (Wildman–Crippen LogP) is 3.33. The third-order valence-electron chi connectivity index (χ3n) is 4.41. The van der Waals surface area contributed by atoms with Crippen LogP contribution < -0.4 is 9.80 Å². The maximum absolute atomic E-state index is 12.3. The number of benzene rings is 2. The van der Waals surface area contributed by atoms with E-state index in [4.69, 9.17) is 0 Å². The second kappa shape index (κ2) is 7.30. The minimum atomic E-state index is -0.129. The van der Waals surface area contributed by atoms with E-state index in [9.17, 15) is 4.79 Å². The summed E-state index contributed by atoms with van der Waals surface area (Å²) in [6.45, 7) is 6.24. The van der Waals surface area contributed by atoms with Crippen LogP contribution >= 0.6 is 0 Å². The van der Waals surface area contributed by atoms with Crippen molar-refractivity contribution in [3.8, 4) is 0 Å². The zero-order chi connectivity index (χ0) is 17.8. The molecule has 128 valence electrons. The highest BCUT2D eigenvalue weighted by atomic mass is 16.2. The van der Waals surface area contributed by atoms with Crippen LogP contribution in [0.3, 0.4) is 0 Å². The largest absolute Gasteiger partial charge is 0.372 e. The summed E-state index contributed by atoms with van der Waals surface area (Å²) in [6, 6.07) is 15.8. The Morgan fingerprint density at radius 1 is 1.04 bits per heavy atom. The summed E-state index contributed by atoms with van der Waals surface area (Å²) in [5, 5.41) is 8.29. The summed E-state index contributed by atoms with van der Waals surface area (Å²) in [7, 11) is 1.75. The number of rotatable bonds is 5. The summed E-state index contributed by atoms with van der Waals surface area (Å²) in [5.74, 6) is -0.129. The number of nitrogens with zero attached hydrogens (tertiary/aromatic N) is 4. The Bertz CT molecular complexity index is 820. The van der Waals surface area contributed by atoms with Gasteiger partial charge in [-0.2, -0.15) is 5.10 Å². The second-order valence-electron chi connectivity index (χ2n) is 5.84. The molecule has 0 spiro atoms. The van der Waals surface area contributed by atoms with E-state index in [0.717, 1.165) is 29.9 Å². The fourth-order valence-corrected chi connectivity index (χ4v) is 2.96. The average molecular weight is 334 g/mol. The van der Waals surface area contributed by atoms with Gasteiger partial charge in [-0.25, -0.2) is 0 Å². The van der Waals surface area contributed by atoms with Crippen molar-refractivity contribution in [1.29, 1.82) is 0 Å². The third-order valence-corrected chi connectivity index (χ3v) is 4.41. The Balaban J connectivity index is 1.79. The molecule has 5 nitrogen and oxygen atoms in total. The van der Waals surface area contributed by atoms with Crippen molar-refractivity contribution in [2.75, 3.05) is 29.9 Å². The molecule has 0 aromatic heterocycles. The van der Waals surface area contributed by atoms with Gasteiger partial charge in [0.1, 0.15) is 0 Å². The van der Waals surface area contributed by atoms with Crippen molar-refractivity contribution in [2.45, 2.75) is 13.8 Å². The molecule has 2 aromatic carbocycles. The lowest BCUT2D eigenvalue weighted by molar-refractivity contribution is -0.111. The second-order valence-corrected chi connectivity index (χ2v) is 5.84. The number of para-hydroxylation sites is 1. The van der Waals surface area contributed by atoms with Gasteiger partial charge in [0.2, 0.25) is 0 Å². The van der Waals surface area contributed by atoms with Crippen molar-refractivity contribution in [1.82, 2.24) is 0 Å². The monoisotopic (exact) mass is 334 g/mol. The van der Waals surface area contributed by atoms with Gasteiger partial charge in [-0.3, -0.25) is 4.79 Å². The van der Waals surface area contributed by atoms with Gasteiger partial charge in [-0.1, -0.05) is 30.3 Å². The molecule has 0 fully saturated rings. The molecule has 1 aliphatic rings. The highest BCUT2D eigenvalue weighted by Crippen LogP contribution is 2.27. The predicted molar refractivity (Wildman–Crippen MR) is 104 cm³/mol. The maximum atomic E-state index is 12.3. The summed E-state index contributed by atoms with van der Waals surface area (Å²) >= 11 is 0. The average Bonchev–Trinajstić information content (AvgIpc) is 2.89. The Morgan fingerprint density at radius 2 is 1.72 bits per heavy atom. The fourth-order valence-electron chi connectivity index (χ4n) is 2.96. The van der Waals surface area contributed by atoms with Gasteiger partial charge in [-0.05, 0) is 37.6 Å². The molecule has 3 rings (SSSR count). The molecule has 25 heavy (non-hydrogen) atoms. The highest BCUT2D eigenvalue weighted by Gasteiger charge is 2.30. The van der Waals surface area contributed by atoms with Crippen molar-refractivity contribution in [3.05, 3.63) is 59.7 Å². The van der Waals surface area contributed by atoms with Gasteiger partial charge in [0.05, 0.1) is 11.9 Å². The molecule has 0 bridgehead atoms. The molecule has 5 heteroatoms. The first-order chi connectivity index (χ1) is 12.2. The van der Waals surface area contributed by atoms with E-state index in [1.165, 1.54) is 5.69 Å². The van der Waals surface area contributed by atoms with Crippen LogP contribution in [0.4, 0.5) is 11.4 Å². The summed E-state index contributed by atoms with van der Waals surface area (Å²) < 4.78 is 0. The number of fused-ring (bicyclic) bond motifs is 1. The Kier molecular flexibility index (Phi) is 4.93. The van der Waals surface area contributed by atoms with Crippen molar-refractivity contribution >= 4 is 29.2 Å². The molecule has 0 saturated heterocycles. The molecule has 1 aliphatic heterocycles. The highest BCUT2D eigenvalue weighted by molar-refractivity contribution is 6.54. The van der Waals surface area contributed by atoms with E-state index in [0.29, 0.717) is 5.71 Å². The van der Waals surface area contributed by atoms with E-state index >= 15 is 0 Å². The molecule has 0 radical (unpaired) electrons. The fraction of sp³-hybridized carbons (Fsp3) is 0.250. The molecule has 0 atom stereocenters. The molecular weight excluding hydrogens is 312 g/mol. The lowest BCUT2D eigenvalue weighted by atomic mass is 10.1. The lowest BCUT2D eigenvalue weighted by Crippen LogP contribution is -2.25. The number of carbonyl (C=O) groups excluding carboxylic acids is 1. The van der Waals surface area contributed by atoms with Crippen molar-refractivity contribution < 1.29 is 4.79 Å². The van der Waals surface area contributed by atoms with Crippen LogP contribution in [0.25, 0.3) is 0 Å². The minimum absolute atomic E-state index is 0.129. The Labute approximate surface area is 148 Å². The number of carbonyl (C=O) groups is 1. The number of hydrogen-bond donors (Lipinski definition) is 0. The number of amides is 1. The third kappa shape index (κ3) is 3.31. The summed E-state index contributed by atoms with van der Waals surface area (Å²) in [5.41, 5.74) is 4.21. The zero-order valence-electron chi connectivity index (χ0n) is 14.8. The van der Waals surface area contributed by atoms with Gasteiger partial charge in [0.15, 0.2) is 5.71 Å². The molecule has 0 N–H and O–H groups in total. The van der Waals surface area contributed by atoms with E-state index in [-0.39, 0.29) is 5.91 Å². The maximum Gasteiger partial charge on any atom is 0.279 e. The number of anilines is 2. The van der Waals surface area contributed by atoms with Gasteiger partial charge in [-0.15, -0.1) is 5.10 Å². The van der Waals surface area contributed by atoms with Crippen LogP contribution in [0.5, 0.6) is 0 Å². The Hall–Kier alpha value is -2.95. The van der Waals surface area contributed by atoms with Crippen molar-refractivity contribution in [2.24, 2.45) is 10.2 Å². The van der Waals surface area contributed by atoms with Gasteiger partial charge in [0, 0.05) is 31.4 Å². The molecule has 1 heterocycles. The first kappa shape index (κ1) is 16.9. The van der Waals surface area contributed by atoms with Crippen LogP contribution in [0.1, 0.15) is 25.0 Å². The number of likely N-dealkylation sites (N-methyl/N-ethyl adjacent to an activating group) is 1. The van der Waals surface area contributed by atoms with E-state index < -0.39 is 0 Å². The van der Waals surface area contributed by atoms with E-state index in [1.54, 1.807) is 18.2 Å². The molecule has 2 aromatic rings. The van der Waals surface area contributed by atoms with E-state index in [2.05, 4.69) is 41.1 Å². The van der Waals surface area contributed by atoms with Crippen LogP contribution in [0.15, 0.2) is 58.7 Å². The number of hydrogen-bond acceptors (Lipinski definition) is 4. The smallest absolute Gasteiger partial charge is 0.279 e. The van der Waals surface area contributed by atoms with Crippen LogP contribution in [-0.2, 0) is 4.79 Å². The molecule has 0 saturated carbocycles. The first-order valence-corrected chi connectivity index (χ1v) is 8.49. The Morgan fingerprint density at radius 3 is 2.40 bits per heavy atom. The zero-order valence-corrected chi connectivity index (χ0v) is 14.8.